The van der Waals surface area contributed by atoms with Crippen molar-refractivity contribution in [2.75, 3.05) is 18.4 Å². The first-order valence-corrected chi connectivity index (χ1v) is 11.3. The number of piperidine rings is 1. The lowest BCUT2D eigenvalue weighted by Crippen LogP contribution is -2.35. The van der Waals surface area contributed by atoms with Gasteiger partial charge in [0.05, 0.1) is 4.90 Å². The molecule has 1 N–H and O–H groups in total. The van der Waals surface area contributed by atoms with Crippen LogP contribution in [0.25, 0.3) is 0 Å². The monoisotopic (exact) mass is 420 g/mol. The molecule has 0 spiro atoms. The second-order valence-electron chi connectivity index (χ2n) is 7.12. The molecule has 28 heavy (non-hydrogen) atoms. The highest BCUT2D eigenvalue weighted by atomic mass is 35.5. The van der Waals surface area contributed by atoms with Gasteiger partial charge in [-0.3, -0.25) is 4.79 Å². The third kappa shape index (κ3) is 5.13. The molecule has 150 valence electrons. The number of aryl methyl sites for hydroxylation is 2. The summed E-state index contributed by atoms with van der Waals surface area (Å²) in [5.74, 6) is -0.101. The largest absolute Gasteiger partial charge is 0.326 e. The molecule has 1 aliphatic rings. The average Bonchev–Trinajstić information content (AvgIpc) is 2.70. The normalized spacial score (nSPS) is 15.4. The number of carbonyl (C=O) groups excluding carboxylic acids is 1. The molecule has 1 fully saturated rings. The molecule has 7 heteroatoms. The molecule has 0 unspecified atom stereocenters. The van der Waals surface area contributed by atoms with Crippen molar-refractivity contribution >= 4 is 33.2 Å². The van der Waals surface area contributed by atoms with Crippen molar-refractivity contribution in [3.05, 3.63) is 58.6 Å². The zero-order valence-electron chi connectivity index (χ0n) is 15.9. The zero-order chi connectivity index (χ0) is 20.1. The quantitative estimate of drug-likeness (QED) is 0.753. The molecule has 0 bridgehead atoms. The fourth-order valence-electron chi connectivity index (χ4n) is 3.28. The predicted molar refractivity (Wildman–Crippen MR) is 112 cm³/mol. The second-order valence-corrected chi connectivity index (χ2v) is 9.49. The molecule has 0 aromatic heterocycles. The average molecular weight is 421 g/mol. The minimum Gasteiger partial charge on any atom is -0.326 e. The smallest absolute Gasteiger partial charge is 0.243 e. The van der Waals surface area contributed by atoms with E-state index in [9.17, 15) is 13.2 Å². The van der Waals surface area contributed by atoms with Crippen LogP contribution < -0.4 is 5.32 Å². The topological polar surface area (TPSA) is 66.5 Å². The number of halogens is 1. The lowest BCUT2D eigenvalue weighted by molar-refractivity contribution is -0.116. The lowest BCUT2D eigenvalue weighted by Gasteiger charge is -2.25. The Kier molecular flexibility index (Phi) is 6.75. The molecule has 1 heterocycles. The molecule has 0 aliphatic carbocycles. The first-order valence-electron chi connectivity index (χ1n) is 9.51. The summed E-state index contributed by atoms with van der Waals surface area (Å²) in [5, 5.41) is 3.45. The number of hydrogen-bond donors (Lipinski definition) is 1. The van der Waals surface area contributed by atoms with Gasteiger partial charge in [-0.15, -0.1) is 0 Å². The van der Waals surface area contributed by atoms with Gasteiger partial charge in [-0.1, -0.05) is 36.2 Å². The van der Waals surface area contributed by atoms with Gasteiger partial charge in [0.2, 0.25) is 15.9 Å². The van der Waals surface area contributed by atoms with E-state index in [1.165, 1.54) is 0 Å². The number of sulfonamides is 1. The van der Waals surface area contributed by atoms with Crippen LogP contribution in [0.4, 0.5) is 5.69 Å². The van der Waals surface area contributed by atoms with E-state index in [0.29, 0.717) is 41.5 Å². The van der Waals surface area contributed by atoms with Crippen LogP contribution in [0.5, 0.6) is 0 Å². The SMILES string of the molecule is Cc1ccc(Cl)cc1NC(=O)CCc1ccc(S(=O)(=O)N2CCCCC2)cc1. The minimum atomic E-state index is -3.42. The Bertz CT molecular complexity index is 937. The lowest BCUT2D eigenvalue weighted by atomic mass is 10.1. The van der Waals surface area contributed by atoms with Crippen LogP contribution in [0, 0.1) is 6.92 Å². The van der Waals surface area contributed by atoms with Crippen molar-refractivity contribution in [1.82, 2.24) is 4.31 Å². The standard InChI is InChI=1S/C21H25ClN2O3S/c1-16-5-9-18(22)15-20(16)23-21(25)12-8-17-6-10-19(11-7-17)28(26,27)24-13-3-2-4-14-24/h5-7,9-11,15H,2-4,8,12-14H2,1H3,(H,23,25). The number of anilines is 1. The summed E-state index contributed by atoms with van der Waals surface area (Å²) in [5.41, 5.74) is 2.58. The number of benzene rings is 2. The Labute approximate surface area is 171 Å². The molecule has 1 amide bonds. The van der Waals surface area contributed by atoms with Crippen LogP contribution in [-0.2, 0) is 21.2 Å². The van der Waals surface area contributed by atoms with Crippen molar-refractivity contribution < 1.29 is 13.2 Å². The van der Waals surface area contributed by atoms with E-state index in [2.05, 4.69) is 5.32 Å². The molecule has 1 saturated heterocycles. The molecule has 2 aromatic rings. The third-order valence-corrected chi connectivity index (χ3v) is 7.14. The Morgan fingerprint density at radius 1 is 1.07 bits per heavy atom. The first kappa shape index (κ1) is 20.8. The highest BCUT2D eigenvalue weighted by Gasteiger charge is 2.25. The van der Waals surface area contributed by atoms with E-state index in [1.54, 1.807) is 40.7 Å². The van der Waals surface area contributed by atoms with E-state index < -0.39 is 10.0 Å². The summed E-state index contributed by atoms with van der Waals surface area (Å²) in [7, 11) is -3.42. The number of amides is 1. The number of nitrogens with one attached hydrogen (secondary N) is 1. The maximum absolute atomic E-state index is 12.7. The van der Waals surface area contributed by atoms with Gasteiger partial charge in [0.25, 0.3) is 0 Å². The molecule has 5 nitrogen and oxygen atoms in total. The van der Waals surface area contributed by atoms with Gasteiger partial charge in [0.1, 0.15) is 0 Å². The second kappa shape index (κ2) is 9.07. The molecule has 1 aliphatic heterocycles. The Morgan fingerprint density at radius 3 is 2.43 bits per heavy atom. The highest BCUT2D eigenvalue weighted by molar-refractivity contribution is 7.89. The molecule has 0 radical (unpaired) electrons. The Balaban J connectivity index is 1.58. The molecule has 0 atom stereocenters. The molecule has 0 saturated carbocycles. The van der Waals surface area contributed by atoms with Gasteiger partial charge in [0.15, 0.2) is 0 Å². The molecule has 2 aromatic carbocycles. The van der Waals surface area contributed by atoms with Gasteiger partial charge in [0, 0.05) is 30.2 Å². The van der Waals surface area contributed by atoms with Gasteiger partial charge >= 0.3 is 0 Å². The van der Waals surface area contributed by atoms with Crippen molar-refractivity contribution in [1.29, 1.82) is 0 Å². The summed E-state index contributed by atoms with van der Waals surface area (Å²) in [4.78, 5) is 12.5. The van der Waals surface area contributed by atoms with Gasteiger partial charge < -0.3 is 5.32 Å². The van der Waals surface area contributed by atoms with E-state index in [4.69, 9.17) is 11.6 Å². The van der Waals surface area contributed by atoms with Gasteiger partial charge in [-0.05, 0) is 61.6 Å². The summed E-state index contributed by atoms with van der Waals surface area (Å²) >= 11 is 5.98. The Hall–Kier alpha value is -1.89. The number of nitrogens with zero attached hydrogens (tertiary/aromatic N) is 1. The third-order valence-electron chi connectivity index (χ3n) is 4.99. The maximum Gasteiger partial charge on any atom is 0.243 e. The summed E-state index contributed by atoms with van der Waals surface area (Å²) in [6.45, 7) is 3.09. The van der Waals surface area contributed by atoms with Crippen LogP contribution in [0.1, 0.15) is 36.8 Å². The number of rotatable bonds is 6. The number of hydrogen-bond acceptors (Lipinski definition) is 3. The van der Waals surface area contributed by atoms with Crippen LogP contribution in [0.2, 0.25) is 5.02 Å². The predicted octanol–water partition coefficient (Wildman–Crippen LogP) is 4.39. The summed E-state index contributed by atoms with van der Waals surface area (Å²) in [6.07, 6.45) is 3.76. The highest BCUT2D eigenvalue weighted by Crippen LogP contribution is 2.22. The molecular formula is C21H25ClN2O3S. The van der Waals surface area contributed by atoms with Gasteiger partial charge in [-0.25, -0.2) is 8.42 Å². The minimum absolute atomic E-state index is 0.101. The fraction of sp³-hybridized carbons (Fsp3) is 0.381. The summed E-state index contributed by atoms with van der Waals surface area (Å²) in [6, 6.07) is 12.2. The van der Waals surface area contributed by atoms with Gasteiger partial charge in [-0.2, -0.15) is 4.31 Å². The van der Waals surface area contributed by atoms with Crippen molar-refractivity contribution in [3.8, 4) is 0 Å². The maximum atomic E-state index is 12.7. The van der Waals surface area contributed by atoms with E-state index in [0.717, 1.165) is 30.4 Å². The van der Waals surface area contributed by atoms with E-state index in [1.807, 2.05) is 13.0 Å². The fourth-order valence-corrected chi connectivity index (χ4v) is 4.97. The van der Waals surface area contributed by atoms with Crippen molar-refractivity contribution in [2.45, 2.75) is 43.9 Å². The summed E-state index contributed by atoms with van der Waals surface area (Å²) < 4.78 is 26.9. The zero-order valence-corrected chi connectivity index (χ0v) is 17.5. The van der Waals surface area contributed by atoms with E-state index in [-0.39, 0.29) is 5.91 Å². The van der Waals surface area contributed by atoms with Crippen LogP contribution in [-0.4, -0.2) is 31.7 Å². The van der Waals surface area contributed by atoms with Crippen LogP contribution in [0.3, 0.4) is 0 Å². The van der Waals surface area contributed by atoms with Crippen molar-refractivity contribution in [3.63, 3.8) is 0 Å². The molecule has 3 rings (SSSR count). The molecular weight excluding hydrogens is 396 g/mol. The van der Waals surface area contributed by atoms with Crippen molar-refractivity contribution in [2.24, 2.45) is 0 Å². The van der Waals surface area contributed by atoms with E-state index >= 15 is 0 Å². The van der Waals surface area contributed by atoms with Crippen LogP contribution in [0.15, 0.2) is 47.4 Å². The number of carbonyl (C=O) groups is 1. The van der Waals surface area contributed by atoms with Crippen LogP contribution >= 0.6 is 11.6 Å². The first-order chi connectivity index (χ1) is 13.4. The Morgan fingerprint density at radius 2 is 1.75 bits per heavy atom.